The normalized spacial score (nSPS) is 10.3. The second kappa shape index (κ2) is 2.95. The van der Waals surface area contributed by atoms with Gasteiger partial charge in [-0.1, -0.05) is 0 Å². The predicted molar refractivity (Wildman–Crippen MR) is 49.3 cm³/mol. The highest BCUT2D eigenvalue weighted by Crippen LogP contribution is 2.07. The highest BCUT2D eigenvalue weighted by molar-refractivity contribution is 5.91. The largest absolute Gasteiger partial charge is 0.477 e. The summed E-state index contributed by atoms with van der Waals surface area (Å²) in [4.78, 5) is 28.0. The summed E-state index contributed by atoms with van der Waals surface area (Å²) in [5.41, 5.74) is -0.554. The van der Waals surface area contributed by atoms with Gasteiger partial charge in [-0.15, -0.1) is 0 Å². The molecule has 5 nitrogen and oxygen atoms in total. The fourth-order valence-electron chi connectivity index (χ4n) is 1.22. The first-order valence-corrected chi connectivity index (χ1v) is 3.89. The molecule has 0 fully saturated rings. The first kappa shape index (κ1) is 8.43. The van der Waals surface area contributed by atoms with Gasteiger partial charge in [-0.05, 0) is 17.5 Å². The molecule has 0 atom stereocenters. The number of pyridine rings is 2. The lowest BCUT2D eigenvalue weighted by Crippen LogP contribution is -2.12. The number of carboxylic acid groups (broad SMARTS) is 1. The zero-order valence-corrected chi connectivity index (χ0v) is 7.02. The summed E-state index contributed by atoms with van der Waals surface area (Å²) in [5.74, 6) is -1.15. The molecule has 5 heteroatoms. The van der Waals surface area contributed by atoms with Gasteiger partial charge >= 0.3 is 5.97 Å². The lowest BCUT2D eigenvalue weighted by Gasteiger charge is -1.97. The standard InChI is InChI=1S/C9H6N2O3/c12-8-6-4-10-2-1-5(6)3-7(11-8)9(13)14/h1-4H,(H,11,12)(H,13,14). The molecule has 0 radical (unpaired) electrons. The molecule has 2 N–H and O–H groups in total. The molecule has 0 bridgehead atoms. The van der Waals surface area contributed by atoms with Crippen molar-refractivity contribution < 1.29 is 9.90 Å². The average molecular weight is 190 g/mol. The number of rotatable bonds is 1. The minimum absolute atomic E-state index is 0.117. The molecule has 0 saturated heterocycles. The third-order valence-electron chi connectivity index (χ3n) is 1.88. The van der Waals surface area contributed by atoms with Crippen LogP contribution in [0, 0.1) is 0 Å². The highest BCUT2D eigenvalue weighted by Gasteiger charge is 2.06. The van der Waals surface area contributed by atoms with E-state index in [4.69, 9.17) is 5.11 Å². The van der Waals surface area contributed by atoms with Crippen molar-refractivity contribution in [1.29, 1.82) is 0 Å². The van der Waals surface area contributed by atoms with Gasteiger partial charge < -0.3 is 10.1 Å². The minimum atomic E-state index is -1.15. The average Bonchev–Trinajstić information content (AvgIpc) is 2.17. The van der Waals surface area contributed by atoms with E-state index in [0.717, 1.165) is 0 Å². The van der Waals surface area contributed by atoms with Crippen molar-refractivity contribution >= 4 is 16.7 Å². The number of fused-ring (bicyclic) bond motifs is 1. The molecule has 0 saturated carbocycles. The van der Waals surface area contributed by atoms with Crippen LogP contribution in [0.2, 0.25) is 0 Å². The van der Waals surface area contributed by atoms with Crippen LogP contribution in [0.25, 0.3) is 10.8 Å². The topological polar surface area (TPSA) is 83.0 Å². The van der Waals surface area contributed by atoms with Crippen LogP contribution < -0.4 is 5.56 Å². The van der Waals surface area contributed by atoms with Gasteiger partial charge in [0.1, 0.15) is 5.69 Å². The minimum Gasteiger partial charge on any atom is -0.477 e. The van der Waals surface area contributed by atoms with Gasteiger partial charge in [-0.25, -0.2) is 4.79 Å². The van der Waals surface area contributed by atoms with Gasteiger partial charge in [-0.2, -0.15) is 0 Å². The molecule has 0 spiro atoms. The number of carbonyl (C=O) groups is 1. The zero-order chi connectivity index (χ0) is 10.1. The van der Waals surface area contributed by atoms with Crippen molar-refractivity contribution in [1.82, 2.24) is 9.97 Å². The Bertz CT molecular complexity index is 559. The Morgan fingerprint density at radius 2 is 2.29 bits per heavy atom. The molecule has 70 valence electrons. The van der Waals surface area contributed by atoms with Crippen molar-refractivity contribution in [3.8, 4) is 0 Å². The number of nitrogens with one attached hydrogen (secondary N) is 1. The Labute approximate surface area is 78.0 Å². The van der Waals surface area contributed by atoms with E-state index in [1.807, 2.05) is 0 Å². The maximum atomic E-state index is 11.3. The van der Waals surface area contributed by atoms with Crippen LogP contribution in [0.5, 0.6) is 0 Å². The number of aromatic carboxylic acids is 1. The quantitative estimate of drug-likeness (QED) is 0.690. The van der Waals surface area contributed by atoms with Crippen molar-refractivity contribution in [2.45, 2.75) is 0 Å². The van der Waals surface area contributed by atoms with E-state index >= 15 is 0 Å². The highest BCUT2D eigenvalue weighted by atomic mass is 16.4. The predicted octanol–water partition coefficient (Wildman–Crippen LogP) is 0.621. The molecule has 14 heavy (non-hydrogen) atoms. The van der Waals surface area contributed by atoms with E-state index in [-0.39, 0.29) is 5.69 Å². The number of aromatic amines is 1. The second-order valence-electron chi connectivity index (χ2n) is 2.78. The molecule has 2 aromatic heterocycles. The maximum absolute atomic E-state index is 11.3. The summed E-state index contributed by atoms with van der Waals surface area (Å²) < 4.78 is 0. The smallest absolute Gasteiger partial charge is 0.352 e. The van der Waals surface area contributed by atoms with Crippen molar-refractivity contribution in [2.24, 2.45) is 0 Å². The van der Waals surface area contributed by atoms with Gasteiger partial charge in [0.15, 0.2) is 0 Å². The van der Waals surface area contributed by atoms with E-state index < -0.39 is 11.5 Å². The van der Waals surface area contributed by atoms with Crippen molar-refractivity contribution in [3.63, 3.8) is 0 Å². The van der Waals surface area contributed by atoms with Crippen LogP contribution in [0.1, 0.15) is 10.5 Å². The molecule has 0 aromatic carbocycles. The Morgan fingerprint density at radius 3 is 3.00 bits per heavy atom. The Kier molecular flexibility index (Phi) is 1.78. The SMILES string of the molecule is O=C(O)c1cc2ccncc2c(=O)[nH]1. The van der Waals surface area contributed by atoms with Crippen LogP contribution in [0.4, 0.5) is 0 Å². The Morgan fingerprint density at radius 1 is 1.50 bits per heavy atom. The molecule has 2 aromatic rings. The number of aromatic nitrogens is 2. The number of H-pyrrole nitrogens is 1. The molecular weight excluding hydrogens is 184 g/mol. The summed E-state index contributed by atoms with van der Waals surface area (Å²) in [6.07, 6.45) is 2.91. The monoisotopic (exact) mass is 190 g/mol. The van der Waals surface area contributed by atoms with E-state index in [0.29, 0.717) is 10.8 Å². The summed E-state index contributed by atoms with van der Waals surface area (Å²) >= 11 is 0. The second-order valence-corrected chi connectivity index (χ2v) is 2.78. The van der Waals surface area contributed by atoms with Crippen LogP contribution >= 0.6 is 0 Å². The van der Waals surface area contributed by atoms with Gasteiger partial charge in [0.2, 0.25) is 0 Å². The summed E-state index contributed by atoms with van der Waals surface area (Å²) in [7, 11) is 0. The first-order chi connectivity index (χ1) is 6.68. The molecular formula is C9H6N2O3. The van der Waals surface area contributed by atoms with E-state index in [2.05, 4.69) is 9.97 Å². The summed E-state index contributed by atoms with van der Waals surface area (Å²) in [5, 5.41) is 9.64. The van der Waals surface area contributed by atoms with E-state index in [1.165, 1.54) is 18.5 Å². The molecule has 2 heterocycles. The van der Waals surface area contributed by atoms with Crippen LogP contribution in [0.15, 0.2) is 29.3 Å². The first-order valence-electron chi connectivity index (χ1n) is 3.89. The third kappa shape index (κ3) is 1.24. The van der Waals surface area contributed by atoms with Crippen molar-refractivity contribution in [3.05, 3.63) is 40.6 Å². The van der Waals surface area contributed by atoms with Crippen LogP contribution in [0.3, 0.4) is 0 Å². The van der Waals surface area contributed by atoms with Crippen LogP contribution in [-0.2, 0) is 0 Å². The van der Waals surface area contributed by atoms with Gasteiger partial charge in [0.25, 0.3) is 5.56 Å². The summed E-state index contributed by atoms with van der Waals surface area (Å²) in [6, 6.07) is 3.00. The van der Waals surface area contributed by atoms with Crippen LogP contribution in [-0.4, -0.2) is 21.0 Å². The number of hydrogen-bond donors (Lipinski definition) is 2. The molecule has 0 aliphatic rings. The zero-order valence-electron chi connectivity index (χ0n) is 7.02. The number of carboxylic acids is 1. The third-order valence-corrected chi connectivity index (χ3v) is 1.88. The molecule has 2 rings (SSSR count). The molecule has 0 unspecified atom stereocenters. The van der Waals surface area contributed by atoms with E-state index in [9.17, 15) is 9.59 Å². The van der Waals surface area contributed by atoms with Gasteiger partial charge in [-0.3, -0.25) is 9.78 Å². The number of hydrogen-bond acceptors (Lipinski definition) is 3. The fourth-order valence-corrected chi connectivity index (χ4v) is 1.22. The van der Waals surface area contributed by atoms with Crippen molar-refractivity contribution in [2.75, 3.05) is 0 Å². The Balaban J connectivity index is 2.86. The van der Waals surface area contributed by atoms with Gasteiger partial charge in [0.05, 0.1) is 5.39 Å². The van der Waals surface area contributed by atoms with E-state index in [1.54, 1.807) is 6.07 Å². The van der Waals surface area contributed by atoms with Gasteiger partial charge in [0, 0.05) is 12.4 Å². The molecule has 0 aliphatic carbocycles. The Hall–Kier alpha value is -2.17. The lowest BCUT2D eigenvalue weighted by molar-refractivity contribution is 0.0690. The molecule has 0 aliphatic heterocycles. The molecule has 0 amide bonds. The number of nitrogens with zero attached hydrogens (tertiary/aromatic N) is 1. The maximum Gasteiger partial charge on any atom is 0.352 e. The lowest BCUT2D eigenvalue weighted by atomic mass is 10.2. The summed E-state index contributed by atoms with van der Waals surface area (Å²) in [6.45, 7) is 0. The fraction of sp³-hybridized carbons (Fsp3) is 0.